The third kappa shape index (κ3) is 6.86. The Morgan fingerprint density at radius 3 is 2.55 bits per heavy atom. The Morgan fingerprint density at radius 2 is 1.87 bits per heavy atom. The van der Waals surface area contributed by atoms with Crippen molar-refractivity contribution in [1.82, 2.24) is 15.1 Å². The Hall–Kier alpha value is -2.28. The summed E-state index contributed by atoms with van der Waals surface area (Å²) in [6.45, 7) is 9.25. The highest BCUT2D eigenvalue weighted by Crippen LogP contribution is 2.33. The minimum Gasteiger partial charge on any atom is -0.497 e. The molecule has 0 spiro atoms. The van der Waals surface area contributed by atoms with Crippen LogP contribution in [-0.2, 0) is 9.53 Å². The molecular formula is C24H37N3O4. The predicted molar refractivity (Wildman–Crippen MR) is 120 cm³/mol. The molecule has 0 aliphatic carbocycles. The van der Waals surface area contributed by atoms with Gasteiger partial charge in [-0.3, -0.25) is 9.69 Å². The van der Waals surface area contributed by atoms with Gasteiger partial charge in [0.2, 0.25) is 5.91 Å². The molecule has 0 aromatic heterocycles. The van der Waals surface area contributed by atoms with Gasteiger partial charge in [0.15, 0.2) is 0 Å². The van der Waals surface area contributed by atoms with Crippen LogP contribution in [0.1, 0.15) is 58.1 Å². The number of piperidine rings is 1. The van der Waals surface area contributed by atoms with Gasteiger partial charge in [0, 0.05) is 13.1 Å². The van der Waals surface area contributed by atoms with E-state index in [-0.39, 0.29) is 18.0 Å². The molecule has 2 heterocycles. The summed E-state index contributed by atoms with van der Waals surface area (Å²) in [5.41, 5.74) is 0.670. The first kappa shape index (κ1) is 23.4. The Bertz CT molecular complexity index is 753. The highest BCUT2D eigenvalue weighted by molar-refractivity contribution is 5.79. The van der Waals surface area contributed by atoms with Crippen molar-refractivity contribution in [2.75, 3.05) is 39.8 Å². The second-order valence-electron chi connectivity index (χ2n) is 9.62. The molecule has 2 fully saturated rings. The molecule has 2 aliphatic rings. The van der Waals surface area contributed by atoms with Crippen LogP contribution in [0.3, 0.4) is 0 Å². The first-order valence-corrected chi connectivity index (χ1v) is 11.4. The Kier molecular flexibility index (Phi) is 7.81. The van der Waals surface area contributed by atoms with Crippen molar-refractivity contribution in [2.24, 2.45) is 5.92 Å². The van der Waals surface area contributed by atoms with Gasteiger partial charge in [0.05, 0.1) is 19.7 Å². The molecule has 1 unspecified atom stereocenters. The van der Waals surface area contributed by atoms with E-state index in [9.17, 15) is 9.59 Å². The molecule has 7 heteroatoms. The quantitative estimate of drug-likeness (QED) is 0.745. The third-order valence-electron chi connectivity index (χ3n) is 6.05. The Labute approximate surface area is 186 Å². The fourth-order valence-corrected chi connectivity index (χ4v) is 4.43. The molecule has 7 nitrogen and oxygen atoms in total. The molecule has 0 bridgehead atoms. The molecule has 3 rings (SSSR count). The lowest BCUT2D eigenvalue weighted by Crippen LogP contribution is -2.45. The number of carbonyl (C=O) groups is 2. The number of benzene rings is 1. The molecule has 2 saturated heterocycles. The van der Waals surface area contributed by atoms with E-state index in [1.165, 1.54) is 0 Å². The lowest BCUT2D eigenvalue weighted by Gasteiger charge is -2.34. The summed E-state index contributed by atoms with van der Waals surface area (Å²) < 4.78 is 10.7. The third-order valence-corrected chi connectivity index (χ3v) is 6.05. The number of carbonyl (C=O) groups excluding carboxylic acids is 2. The maximum atomic E-state index is 13.1. The fourth-order valence-electron chi connectivity index (χ4n) is 4.43. The lowest BCUT2D eigenvalue weighted by atomic mass is 9.97. The second kappa shape index (κ2) is 10.4. The van der Waals surface area contributed by atoms with Gasteiger partial charge in [0.1, 0.15) is 11.4 Å². The van der Waals surface area contributed by atoms with Crippen LogP contribution >= 0.6 is 0 Å². The standard InChI is InChI=1S/C24H37N3O4/c1-24(2,3)31-23(29)25-16-18-10-13-26(14-11-18)17-22(28)27-12-6-9-21(27)19-7-5-8-20(15-19)30-4/h5,7-8,15,18,21H,6,9-14,16-17H2,1-4H3,(H,25,29). The smallest absolute Gasteiger partial charge is 0.407 e. The van der Waals surface area contributed by atoms with Crippen molar-refractivity contribution in [3.63, 3.8) is 0 Å². The van der Waals surface area contributed by atoms with Crippen LogP contribution in [0, 0.1) is 5.92 Å². The lowest BCUT2D eigenvalue weighted by molar-refractivity contribution is -0.133. The van der Waals surface area contributed by atoms with Crippen molar-refractivity contribution < 1.29 is 19.1 Å². The fraction of sp³-hybridized carbons (Fsp3) is 0.667. The van der Waals surface area contributed by atoms with Crippen LogP contribution in [0.5, 0.6) is 5.75 Å². The minimum atomic E-state index is -0.480. The number of rotatable bonds is 6. The van der Waals surface area contributed by atoms with Gasteiger partial charge in [0.25, 0.3) is 0 Å². The summed E-state index contributed by atoms with van der Waals surface area (Å²) in [5.74, 6) is 1.46. The summed E-state index contributed by atoms with van der Waals surface area (Å²) >= 11 is 0. The first-order chi connectivity index (χ1) is 14.7. The van der Waals surface area contributed by atoms with Crippen LogP contribution in [0.2, 0.25) is 0 Å². The largest absolute Gasteiger partial charge is 0.497 e. The molecule has 31 heavy (non-hydrogen) atoms. The van der Waals surface area contributed by atoms with Crippen LogP contribution in [0.15, 0.2) is 24.3 Å². The maximum Gasteiger partial charge on any atom is 0.407 e. The zero-order valence-corrected chi connectivity index (χ0v) is 19.4. The van der Waals surface area contributed by atoms with E-state index in [0.29, 0.717) is 19.0 Å². The highest BCUT2D eigenvalue weighted by atomic mass is 16.6. The number of nitrogens with one attached hydrogen (secondary N) is 1. The van der Waals surface area contributed by atoms with Gasteiger partial charge in [-0.1, -0.05) is 12.1 Å². The van der Waals surface area contributed by atoms with E-state index in [1.807, 2.05) is 43.9 Å². The summed E-state index contributed by atoms with van der Waals surface area (Å²) in [4.78, 5) is 29.2. The summed E-state index contributed by atoms with van der Waals surface area (Å²) in [6, 6.07) is 8.19. The van der Waals surface area contributed by atoms with Crippen molar-refractivity contribution in [3.8, 4) is 5.75 Å². The summed E-state index contributed by atoms with van der Waals surface area (Å²) in [6.07, 6.45) is 3.62. The number of likely N-dealkylation sites (tertiary alicyclic amines) is 2. The SMILES string of the molecule is COc1cccc(C2CCCN2C(=O)CN2CCC(CNC(=O)OC(C)(C)C)CC2)c1. The van der Waals surface area contributed by atoms with Crippen LogP contribution < -0.4 is 10.1 Å². The van der Waals surface area contributed by atoms with Crippen LogP contribution in [0.25, 0.3) is 0 Å². The van der Waals surface area contributed by atoms with E-state index in [1.54, 1.807) is 7.11 Å². The normalized spacial score (nSPS) is 20.5. The molecule has 0 saturated carbocycles. The molecular weight excluding hydrogens is 394 g/mol. The molecule has 1 aromatic carbocycles. The number of ether oxygens (including phenoxy) is 2. The molecule has 1 aromatic rings. The maximum absolute atomic E-state index is 13.1. The van der Waals surface area contributed by atoms with Gasteiger partial charge in [-0.05, 0) is 83.2 Å². The summed E-state index contributed by atoms with van der Waals surface area (Å²) in [7, 11) is 1.67. The Balaban J connectivity index is 1.44. The van der Waals surface area contributed by atoms with E-state index in [4.69, 9.17) is 9.47 Å². The average molecular weight is 432 g/mol. The van der Waals surface area contributed by atoms with Gasteiger partial charge in [-0.2, -0.15) is 0 Å². The highest BCUT2D eigenvalue weighted by Gasteiger charge is 2.31. The molecule has 1 atom stereocenters. The van der Waals surface area contributed by atoms with E-state index in [2.05, 4.69) is 16.3 Å². The molecule has 2 aliphatic heterocycles. The molecule has 0 radical (unpaired) electrons. The molecule has 1 N–H and O–H groups in total. The minimum absolute atomic E-state index is 0.137. The van der Waals surface area contributed by atoms with E-state index < -0.39 is 5.60 Å². The van der Waals surface area contributed by atoms with Crippen molar-refractivity contribution >= 4 is 12.0 Å². The number of nitrogens with zero attached hydrogens (tertiary/aromatic N) is 2. The van der Waals surface area contributed by atoms with E-state index in [0.717, 1.165) is 56.6 Å². The van der Waals surface area contributed by atoms with Crippen molar-refractivity contribution in [2.45, 2.75) is 58.1 Å². The molecule has 172 valence electrons. The van der Waals surface area contributed by atoms with E-state index >= 15 is 0 Å². The second-order valence-corrected chi connectivity index (χ2v) is 9.62. The predicted octanol–water partition coefficient (Wildman–Crippen LogP) is 3.60. The summed E-state index contributed by atoms with van der Waals surface area (Å²) in [5, 5.41) is 2.88. The number of methoxy groups -OCH3 is 1. The molecule has 2 amide bonds. The van der Waals surface area contributed by atoms with Gasteiger partial charge < -0.3 is 19.7 Å². The van der Waals surface area contributed by atoms with Gasteiger partial charge >= 0.3 is 6.09 Å². The van der Waals surface area contributed by atoms with Gasteiger partial charge in [-0.15, -0.1) is 0 Å². The van der Waals surface area contributed by atoms with Crippen LogP contribution in [0.4, 0.5) is 4.79 Å². The average Bonchev–Trinajstić information content (AvgIpc) is 3.22. The zero-order valence-electron chi connectivity index (χ0n) is 19.4. The number of alkyl carbamates (subject to hydrolysis) is 1. The number of amides is 2. The monoisotopic (exact) mass is 431 g/mol. The first-order valence-electron chi connectivity index (χ1n) is 11.4. The zero-order chi connectivity index (χ0) is 22.4. The van der Waals surface area contributed by atoms with Crippen molar-refractivity contribution in [3.05, 3.63) is 29.8 Å². The number of hydrogen-bond acceptors (Lipinski definition) is 5. The number of hydrogen-bond donors (Lipinski definition) is 1. The van der Waals surface area contributed by atoms with Gasteiger partial charge in [-0.25, -0.2) is 4.79 Å². The van der Waals surface area contributed by atoms with Crippen molar-refractivity contribution in [1.29, 1.82) is 0 Å². The topological polar surface area (TPSA) is 71.1 Å². The Morgan fingerprint density at radius 1 is 1.13 bits per heavy atom. The van der Waals surface area contributed by atoms with Crippen LogP contribution in [-0.4, -0.2) is 67.2 Å².